The zero-order valence-electron chi connectivity index (χ0n) is 8.75. The molecule has 2 fully saturated rings. The van der Waals surface area contributed by atoms with Gasteiger partial charge in [0.2, 0.25) is 5.79 Å². The van der Waals surface area contributed by atoms with E-state index in [0.717, 1.165) is 0 Å². The summed E-state index contributed by atoms with van der Waals surface area (Å²) in [5, 5.41) is 28.9. The second-order valence-electron chi connectivity index (χ2n) is 4.07. The molecule has 0 bridgehead atoms. The van der Waals surface area contributed by atoms with Crippen LogP contribution in [0.3, 0.4) is 0 Å². The van der Waals surface area contributed by atoms with E-state index in [2.05, 4.69) is 0 Å². The van der Waals surface area contributed by atoms with E-state index in [-0.39, 0.29) is 6.61 Å². The lowest BCUT2D eigenvalue weighted by molar-refractivity contribution is -0.390. The molecule has 2 aliphatic heterocycles. The Labute approximate surface area is 91.5 Å². The molecule has 0 aliphatic carbocycles. The summed E-state index contributed by atoms with van der Waals surface area (Å²) in [6, 6.07) is 0. The first-order valence-electron chi connectivity index (χ1n) is 5.07. The molecule has 0 aromatic heterocycles. The van der Waals surface area contributed by atoms with Gasteiger partial charge < -0.3 is 29.5 Å². The summed E-state index contributed by atoms with van der Waals surface area (Å²) in [6.45, 7) is 0.382. The Hall–Kier alpha value is -0.310. The molecule has 0 saturated carbocycles. The highest BCUT2D eigenvalue weighted by atomic mass is 19.1. The van der Waals surface area contributed by atoms with Crippen LogP contribution in [0.4, 0.5) is 4.39 Å². The molecule has 6 nitrogen and oxygen atoms in total. The standard InChI is InChI=1S/C9H15FO6/c1-4-14-2-5-7(15-4)6(11)8(12)9(13,3-10)16-5/h4-8,11-13H,2-3H2,1H3/t4?,5-,6+,7-,8-,9+/m1/s1. The lowest BCUT2D eigenvalue weighted by atomic mass is 9.92. The van der Waals surface area contributed by atoms with Crippen molar-refractivity contribution in [2.24, 2.45) is 0 Å². The van der Waals surface area contributed by atoms with Crippen LogP contribution < -0.4 is 0 Å². The van der Waals surface area contributed by atoms with Crippen molar-refractivity contribution in [2.45, 2.75) is 43.4 Å². The molecule has 0 radical (unpaired) electrons. The third kappa shape index (κ3) is 1.83. The number of fused-ring (bicyclic) bond motifs is 1. The predicted molar refractivity (Wildman–Crippen MR) is 48.1 cm³/mol. The first kappa shape index (κ1) is 12.2. The van der Waals surface area contributed by atoms with Crippen LogP contribution in [0.1, 0.15) is 6.92 Å². The number of hydrogen-bond donors (Lipinski definition) is 3. The molecule has 94 valence electrons. The van der Waals surface area contributed by atoms with Crippen LogP contribution in [-0.4, -0.2) is 65.1 Å². The number of halogens is 1. The maximum Gasteiger partial charge on any atom is 0.224 e. The van der Waals surface area contributed by atoms with E-state index >= 15 is 0 Å². The molecule has 2 aliphatic rings. The van der Waals surface area contributed by atoms with Crippen molar-refractivity contribution >= 4 is 0 Å². The number of hydrogen-bond acceptors (Lipinski definition) is 6. The average molecular weight is 238 g/mol. The van der Waals surface area contributed by atoms with Gasteiger partial charge in [0.25, 0.3) is 0 Å². The monoisotopic (exact) mass is 238 g/mol. The Kier molecular flexibility index (Phi) is 3.17. The number of rotatable bonds is 1. The minimum absolute atomic E-state index is 0.0674. The van der Waals surface area contributed by atoms with E-state index in [9.17, 15) is 19.7 Å². The average Bonchev–Trinajstić information content (AvgIpc) is 2.28. The minimum atomic E-state index is -2.39. The molecule has 0 spiro atoms. The maximum atomic E-state index is 12.6. The van der Waals surface area contributed by atoms with Gasteiger partial charge in [-0.05, 0) is 6.92 Å². The molecular weight excluding hydrogens is 223 g/mol. The zero-order chi connectivity index (χ0) is 11.9. The highest BCUT2D eigenvalue weighted by molar-refractivity contribution is 4.97. The largest absolute Gasteiger partial charge is 0.387 e. The molecular formula is C9H15FO6. The van der Waals surface area contributed by atoms with E-state index in [4.69, 9.17) is 14.2 Å². The Morgan fingerprint density at radius 3 is 2.75 bits per heavy atom. The Morgan fingerprint density at radius 1 is 1.44 bits per heavy atom. The van der Waals surface area contributed by atoms with E-state index < -0.39 is 43.2 Å². The molecule has 2 rings (SSSR count). The topological polar surface area (TPSA) is 88.4 Å². The molecule has 2 saturated heterocycles. The van der Waals surface area contributed by atoms with Gasteiger partial charge in [0, 0.05) is 0 Å². The van der Waals surface area contributed by atoms with Crippen LogP contribution >= 0.6 is 0 Å². The van der Waals surface area contributed by atoms with Crippen molar-refractivity contribution in [1.82, 2.24) is 0 Å². The summed E-state index contributed by atoms with van der Waals surface area (Å²) >= 11 is 0. The van der Waals surface area contributed by atoms with Crippen LogP contribution in [0.25, 0.3) is 0 Å². The number of alkyl halides is 1. The van der Waals surface area contributed by atoms with E-state index in [0.29, 0.717) is 0 Å². The summed E-state index contributed by atoms with van der Waals surface area (Å²) in [6.07, 6.45) is -5.32. The number of ether oxygens (including phenoxy) is 3. The lowest BCUT2D eigenvalue weighted by Gasteiger charge is -2.48. The first-order valence-corrected chi connectivity index (χ1v) is 5.07. The summed E-state index contributed by atoms with van der Waals surface area (Å²) in [4.78, 5) is 0. The molecule has 3 N–H and O–H groups in total. The fraction of sp³-hybridized carbons (Fsp3) is 1.00. The molecule has 16 heavy (non-hydrogen) atoms. The second-order valence-corrected chi connectivity index (χ2v) is 4.07. The van der Waals surface area contributed by atoms with Crippen molar-refractivity contribution in [3.8, 4) is 0 Å². The fourth-order valence-corrected chi connectivity index (χ4v) is 1.96. The highest BCUT2D eigenvalue weighted by Crippen LogP contribution is 2.33. The van der Waals surface area contributed by atoms with E-state index in [1.165, 1.54) is 0 Å². The van der Waals surface area contributed by atoms with Gasteiger partial charge in [-0.1, -0.05) is 0 Å². The molecule has 0 aromatic carbocycles. The quantitative estimate of drug-likeness (QED) is 0.516. The van der Waals surface area contributed by atoms with E-state index in [1.807, 2.05) is 0 Å². The van der Waals surface area contributed by atoms with Crippen molar-refractivity contribution in [2.75, 3.05) is 13.3 Å². The van der Waals surface area contributed by atoms with Crippen molar-refractivity contribution in [3.63, 3.8) is 0 Å². The van der Waals surface area contributed by atoms with Crippen molar-refractivity contribution < 1.29 is 33.9 Å². The van der Waals surface area contributed by atoms with Gasteiger partial charge in [-0.3, -0.25) is 0 Å². The Bertz CT molecular complexity index is 262. The normalized spacial score (nSPS) is 53.4. The van der Waals surface area contributed by atoms with Crippen LogP contribution in [0.5, 0.6) is 0 Å². The number of aliphatic hydroxyl groups is 3. The summed E-state index contributed by atoms with van der Waals surface area (Å²) < 4.78 is 27.9. The van der Waals surface area contributed by atoms with E-state index in [1.54, 1.807) is 6.92 Å². The summed E-state index contributed by atoms with van der Waals surface area (Å²) in [5.74, 6) is -2.39. The van der Waals surface area contributed by atoms with Gasteiger partial charge in [-0.25, -0.2) is 4.39 Å². The second kappa shape index (κ2) is 4.17. The maximum absolute atomic E-state index is 12.6. The van der Waals surface area contributed by atoms with Crippen molar-refractivity contribution in [1.29, 1.82) is 0 Å². The van der Waals surface area contributed by atoms with Gasteiger partial charge in [0.05, 0.1) is 6.61 Å². The highest BCUT2D eigenvalue weighted by Gasteiger charge is 2.55. The smallest absolute Gasteiger partial charge is 0.224 e. The van der Waals surface area contributed by atoms with Crippen LogP contribution in [-0.2, 0) is 14.2 Å². The molecule has 7 heteroatoms. The number of aliphatic hydroxyl groups excluding tert-OH is 2. The molecule has 1 unspecified atom stereocenters. The van der Waals surface area contributed by atoms with Gasteiger partial charge in [0.1, 0.15) is 31.1 Å². The summed E-state index contributed by atoms with van der Waals surface area (Å²) in [5.41, 5.74) is 0. The van der Waals surface area contributed by atoms with Gasteiger partial charge >= 0.3 is 0 Å². The van der Waals surface area contributed by atoms with Crippen molar-refractivity contribution in [3.05, 3.63) is 0 Å². The molecule has 6 atom stereocenters. The fourth-order valence-electron chi connectivity index (χ4n) is 1.96. The lowest BCUT2D eigenvalue weighted by Crippen LogP contribution is -2.68. The minimum Gasteiger partial charge on any atom is -0.387 e. The Morgan fingerprint density at radius 2 is 2.12 bits per heavy atom. The molecule has 0 amide bonds. The third-order valence-corrected chi connectivity index (χ3v) is 2.88. The van der Waals surface area contributed by atoms with Crippen LogP contribution in [0, 0.1) is 0 Å². The van der Waals surface area contributed by atoms with Gasteiger partial charge in [0.15, 0.2) is 6.29 Å². The predicted octanol–water partition coefficient (Wildman–Crippen LogP) is -1.47. The third-order valence-electron chi connectivity index (χ3n) is 2.88. The molecule has 2 heterocycles. The van der Waals surface area contributed by atoms with Gasteiger partial charge in [-0.2, -0.15) is 0 Å². The SMILES string of the molecule is CC1OC[C@H]2O[C@@](O)(CF)[C@H](O)[C@@H](O)[C@@H]2O1. The van der Waals surface area contributed by atoms with Crippen LogP contribution in [0.2, 0.25) is 0 Å². The molecule has 0 aromatic rings. The first-order chi connectivity index (χ1) is 7.48. The Balaban J connectivity index is 2.16. The van der Waals surface area contributed by atoms with Gasteiger partial charge in [-0.15, -0.1) is 0 Å². The van der Waals surface area contributed by atoms with Crippen LogP contribution in [0.15, 0.2) is 0 Å². The zero-order valence-corrected chi connectivity index (χ0v) is 8.75. The summed E-state index contributed by atoms with van der Waals surface area (Å²) in [7, 11) is 0.